The summed E-state index contributed by atoms with van der Waals surface area (Å²) in [4.78, 5) is 26.7. The Hall–Kier alpha value is -4.34. The van der Waals surface area contributed by atoms with Crippen molar-refractivity contribution in [1.82, 2.24) is 0 Å². The number of ether oxygens (including phenoxy) is 1. The first kappa shape index (κ1) is 24.8. The van der Waals surface area contributed by atoms with Gasteiger partial charge in [0.2, 0.25) is 0 Å². The molecule has 0 heterocycles. The molecule has 4 aromatic rings. The van der Waals surface area contributed by atoms with Gasteiger partial charge in [-0.1, -0.05) is 48.2 Å². The minimum atomic E-state index is -1.05. The van der Waals surface area contributed by atoms with Crippen molar-refractivity contribution in [2.45, 2.75) is 34.1 Å². The third-order valence-corrected chi connectivity index (χ3v) is 7.45. The second-order valence-electron chi connectivity index (χ2n) is 8.41. The maximum absolute atomic E-state index is 12.8. The van der Waals surface area contributed by atoms with Crippen LogP contribution in [0.15, 0.2) is 124 Å². The topological polar surface area (TPSA) is 69.4 Å². The van der Waals surface area contributed by atoms with Crippen LogP contribution in [0.4, 0.5) is 5.69 Å². The molecule has 0 fully saturated rings. The molecule has 0 bridgehead atoms. The van der Waals surface area contributed by atoms with Crippen molar-refractivity contribution in [2.75, 3.05) is 0 Å². The largest absolute Gasteiger partial charge is 0.443 e. The van der Waals surface area contributed by atoms with E-state index in [1.807, 2.05) is 48.5 Å². The average molecular weight is 495 g/mol. The highest BCUT2D eigenvalue weighted by atomic mass is 32.2. The van der Waals surface area contributed by atoms with Crippen LogP contribution in [0.1, 0.15) is 29.8 Å². The van der Waals surface area contributed by atoms with Crippen molar-refractivity contribution >= 4 is 22.6 Å². The quantitative estimate of drug-likeness (QED) is 0.0986. The van der Waals surface area contributed by atoms with E-state index in [4.69, 9.17) is 4.74 Å². The van der Waals surface area contributed by atoms with E-state index in [0.29, 0.717) is 11.1 Å². The summed E-state index contributed by atoms with van der Waals surface area (Å²) in [5.74, 6) is 5.39. The highest BCUT2D eigenvalue weighted by Crippen LogP contribution is 2.31. The Balaban J connectivity index is 1.51. The molecule has 6 heteroatoms. The highest BCUT2D eigenvalue weighted by molar-refractivity contribution is 7.97. The number of nitro benzene ring substituents is 1. The second kappa shape index (κ2) is 10.9. The third-order valence-electron chi connectivity index (χ3n) is 5.22. The van der Waals surface area contributed by atoms with Crippen LogP contribution in [0.3, 0.4) is 0 Å². The standard InChI is InChI=1S/C30H24NO4S/c1-30(2,22-21-23-13-17-25(18-14-23)31(33)34)35-29(32)24-15-19-28(20-16-24)36(26-9-5-3-6-10-26)27-11-7-4-8-12-27/h3-20H,1-2H3/q+1. The number of hydrogen-bond acceptors (Lipinski definition) is 4. The van der Waals surface area contributed by atoms with Gasteiger partial charge in [-0.15, -0.1) is 0 Å². The molecule has 0 saturated carbocycles. The molecule has 0 unspecified atom stereocenters. The van der Waals surface area contributed by atoms with E-state index in [1.54, 1.807) is 38.1 Å². The van der Waals surface area contributed by atoms with E-state index >= 15 is 0 Å². The lowest BCUT2D eigenvalue weighted by atomic mass is 10.1. The molecule has 178 valence electrons. The summed E-state index contributed by atoms with van der Waals surface area (Å²) in [7, 11) is -0.301. The van der Waals surface area contributed by atoms with Gasteiger partial charge >= 0.3 is 5.97 Å². The van der Waals surface area contributed by atoms with Crippen molar-refractivity contribution in [3.05, 3.63) is 130 Å². The minimum Gasteiger partial charge on any atom is -0.443 e. The Morgan fingerprint density at radius 2 is 1.28 bits per heavy atom. The van der Waals surface area contributed by atoms with Gasteiger partial charge in [0.15, 0.2) is 20.3 Å². The van der Waals surface area contributed by atoms with Crippen LogP contribution in [0.25, 0.3) is 0 Å². The molecule has 0 aromatic heterocycles. The summed E-state index contributed by atoms with van der Waals surface area (Å²) in [5, 5.41) is 10.8. The van der Waals surface area contributed by atoms with E-state index in [-0.39, 0.29) is 16.6 Å². The Morgan fingerprint density at radius 3 is 1.78 bits per heavy atom. The Kier molecular flexibility index (Phi) is 7.53. The highest BCUT2D eigenvalue weighted by Gasteiger charge is 2.29. The summed E-state index contributed by atoms with van der Waals surface area (Å²) in [5.41, 5.74) is -0.00997. The molecule has 4 rings (SSSR count). The third kappa shape index (κ3) is 6.21. The first-order valence-electron chi connectivity index (χ1n) is 11.3. The van der Waals surface area contributed by atoms with Crippen molar-refractivity contribution < 1.29 is 14.5 Å². The lowest BCUT2D eigenvalue weighted by Gasteiger charge is -2.18. The number of carbonyl (C=O) groups excluding carboxylic acids is 1. The Labute approximate surface area is 213 Å². The number of nitrogens with zero attached hydrogens (tertiary/aromatic N) is 1. The van der Waals surface area contributed by atoms with Gasteiger partial charge in [0.1, 0.15) is 0 Å². The smallest absolute Gasteiger partial charge is 0.339 e. The Morgan fingerprint density at radius 1 is 0.778 bits per heavy atom. The molecule has 0 aliphatic heterocycles. The van der Waals surface area contributed by atoms with Crippen LogP contribution >= 0.6 is 0 Å². The maximum Gasteiger partial charge on any atom is 0.339 e. The van der Waals surface area contributed by atoms with Crippen molar-refractivity contribution in [1.29, 1.82) is 0 Å². The van der Waals surface area contributed by atoms with E-state index in [2.05, 4.69) is 36.1 Å². The summed E-state index contributed by atoms with van der Waals surface area (Å²) in [6.45, 7) is 3.42. The van der Waals surface area contributed by atoms with Crippen LogP contribution in [0, 0.1) is 22.0 Å². The van der Waals surface area contributed by atoms with Gasteiger partial charge in [0.05, 0.1) is 21.4 Å². The molecule has 0 atom stereocenters. The van der Waals surface area contributed by atoms with E-state index in [0.717, 1.165) is 4.90 Å². The molecular formula is C30H24NO4S+. The number of nitro groups is 1. The zero-order valence-electron chi connectivity index (χ0n) is 19.9. The summed E-state index contributed by atoms with van der Waals surface area (Å²) < 4.78 is 5.66. The number of hydrogen-bond donors (Lipinski definition) is 0. The van der Waals surface area contributed by atoms with Gasteiger partial charge in [-0.05, 0) is 74.5 Å². The molecule has 4 aromatic carbocycles. The molecule has 5 nitrogen and oxygen atoms in total. The number of rotatable bonds is 6. The van der Waals surface area contributed by atoms with Crippen LogP contribution in [0.5, 0.6) is 0 Å². The molecule has 0 saturated heterocycles. The zero-order valence-corrected chi connectivity index (χ0v) is 20.7. The molecule has 36 heavy (non-hydrogen) atoms. The molecule has 0 aliphatic rings. The number of carbonyl (C=O) groups is 1. The predicted molar refractivity (Wildman–Crippen MR) is 141 cm³/mol. The second-order valence-corrected chi connectivity index (χ2v) is 10.4. The summed E-state index contributed by atoms with van der Waals surface area (Å²) in [6.07, 6.45) is 0. The average Bonchev–Trinajstić information content (AvgIpc) is 2.89. The molecule has 0 radical (unpaired) electrons. The molecule has 0 spiro atoms. The molecule has 0 amide bonds. The summed E-state index contributed by atoms with van der Waals surface area (Å²) >= 11 is 0. The fraction of sp³-hybridized carbons (Fsp3) is 0.100. The van der Waals surface area contributed by atoms with Gasteiger partial charge < -0.3 is 4.74 Å². The van der Waals surface area contributed by atoms with Gasteiger partial charge in [-0.2, -0.15) is 0 Å². The number of benzene rings is 4. The molecule has 0 aliphatic carbocycles. The van der Waals surface area contributed by atoms with Crippen LogP contribution in [-0.2, 0) is 15.6 Å². The number of non-ortho nitro benzene ring substituents is 1. The van der Waals surface area contributed by atoms with Crippen LogP contribution in [-0.4, -0.2) is 16.5 Å². The van der Waals surface area contributed by atoms with E-state index < -0.39 is 16.5 Å². The monoisotopic (exact) mass is 494 g/mol. The number of esters is 1. The lowest BCUT2D eigenvalue weighted by molar-refractivity contribution is -0.384. The van der Waals surface area contributed by atoms with Gasteiger partial charge in [0.25, 0.3) is 5.69 Å². The van der Waals surface area contributed by atoms with Crippen molar-refractivity contribution in [3.63, 3.8) is 0 Å². The zero-order chi connectivity index (χ0) is 25.5. The van der Waals surface area contributed by atoms with Crippen molar-refractivity contribution in [3.8, 4) is 11.8 Å². The minimum absolute atomic E-state index is 0.00272. The normalized spacial score (nSPS) is 10.9. The molecular weight excluding hydrogens is 470 g/mol. The lowest BCUT2D eigenvalue weighted by Crippen LogP contribution is -2.26. The van der Waals surface area contributed by atoms with Gasteiger partial charge in [0, 0.05) is 17.7 Å². The fourth-order valence-electron chi connectivity index (χ4n) is 3.45. The summed E-state index contributed by atoms with van der Waals surface area (Å²) in [6, 6.07) is 34.0. The first-order chi connectivity index (χ1) is 17.3. The van der Waals surface area contributed by atoms with Gasteiger partial charge in [-0.25, -0.2) is 4.79 Å². The van der Waals surface area contributed by atoms with Crippen molar-refractivity contribution in [2.24, 2.45) is 0 Å². The van der Waals surface area contributed by atoms with Gasteiger partial charge in [-0.3, -0.25) is 10.1 Å². The first-order valence-corrected chi connectivity index (χ1v) is 12.5. The van der Waals surface area contributed by atoms with E-state index in [1.165, 1.54) is 21.9 Å². The maximum atomic E-state index is 12.8. The fourth-order valence-corrected chi connectivity index (χ4v) is 5.54. The molecule has 0 N–H and O–H groups in total. The Bertz CT molecular complexity index is 1370. The van der Waals surface area contributed by atoms with E-state index in [9.17, 15) is 14.9 Å². The predicted octanol–water partition coefficient (Wildman–Crippen LogP) is 6.68. The van der Waals surface area contributed by atoms with Crippen LogP contribution in [0.2, 0.25) is 0 Å². The van der Waals surface area contributed by atoms with Crippen LogP contribution < -0.4 is 0 Å². The SMILES string of the molecule is CC(C)(C#Cc1ccc([N+](=O)[O-])cc1)OC(=O)c1ccc([S+](c2ccccc2)c2ccccc2)cc1.